The lowest BCUT2D eigenvalue weighted by Crippen LogP contribution is -1.70. The summed E-state index contributed by atoms with van der Waals surface area (Å²) in [4.78, 5) is 0. The monoisotopic (exact) mass is 388 g/mol. The number of rotatable bonds is 1. The Kier molecular flexibility index (Phi) is 2.97. The highest BCUT2D eigenvalue weighted by molar-refractivity contribution is 9.11. The summed E-state index contributed by atoms with van der Waals surface area (Å²) in [5.41, 5.74) is 1.36. The van der Waals surface area contributed by atoms with Crippen molar-refractivity contribution >= 4 is 79.9 Å². The third-order valence-corrected chi connectivity index (χ3v) is 5.83. The summed E-state index contributed by atoms with van der Waals surface area (Å²) in [5, 5.41) is 2.28. The Morgan fingerprint density at radius 1 is 1.25 bits per heavy atom. The van der Waals surface area contributed by atoms with Gasteiger partial charge in [-0.25, -0.2) is 0 Å². The molecule has 0 spiro atoms. The van der Waals surface area contributed by atoms with Gasteiger partial charge < -0.3 is 0 Å². The molecule has 0 radical (unpaired) electrons. The van der Waals surface area contributed by atoms with E-state index in [1.165, 1.54) is 22.5 Å². The average molecular weight is 391 g/mol. The molecule has 0 aliphatic carbocycles. The van der Waals surface area contributed by atoms with Crippen LogP contribution in [0.4, 0.5) is 0 Å². The van der Waals surface area contributed by atoms with Crippen molar-refractivity contribution in [3.05, 3.63) is 19.2 Å². The van der Waals surface area contributed by atoms with Crippen LogP contribution >= 0.6 is 70.5 Å². The number of alkyl halides is 1. The summed E-state index contributed by atoms with van der Waals surface area (Å²) < 4.78 is 3.83. The first kappa shape index (κ1) is 9.65. The van der Waals surface area contributed by atoms with Gasteiger partial charge in [0.15, 0.2) is 0 Å². The quantitative estimate of drug-likeness (QED) is 0.573. The number of fused-ring (bicyclic) bond motifs is 1. The van der Waals surface area contributed by atoms with Gasteiger partial charge in [-0.2, -0.15) is 0 Å². The topological polar surface area (TPSA) is 0 Å². The Labute approximate surface area is 103 Å². The van der Waals surface area contributed by atoms with Gasteiger partial charge in [-0.15, -0.1) is 22.7 Å². The van der Waals surface area contributed by atoms with Gasteiger partial charge in [-0.1, -0.05) is 15.9 Å². The van der Waals surface area contributed by atoms with Crippen LogP contribution in [0.15, 0.2) is 13.6 Å². The van der Waals surface area contributed by atoms with Crippen LogP contribution in [-0.2, 0) is 5.33 Å². The molecule has 0 aliphatic heterocycles. The standard InChI is InChI=1S/C7H3Br3S2/c8-2-4-3-1-5(9)11-7(3)12-6(4)10/h1H,2H2. The van der Waals surface area contributed by atoms with Crippen LogP contribution in [0.5, 0.6) is 0 Å². The molecule has 64 valence electrons. The maximum absolute atomic E-state index is 3.55. The van der Waals surface area contributed by atoms with Gasteiger partial charge in [0.2, 0.25) is 0 Å². The predicted octanol–water partition coefficient (Wildman–Crippen LogP) is 5.38. The van der Waals surface area contributed by atoms with E-state index in [1.807, 2.05) is 0 Å². The Morgan fingerprint density at radius 3 is 2.67 bits per heavy atom. The maximum atomic E-state index is 3.55. The molecule has 0 aromatic carbocycles. The molecule has 0 N–H and O–H groups in total. The third kappa shape index (κ3) is 1.54. The molecule has 0 unspecified atom stereocenters. The number of thiophene rings is 2. The van der Waals surface area contributed by atoms with E-state index in [9.17, 15) is 0 Å². The maximum Gasteiger partial charge on any atom is 0.0892 e. The molecule has 0 nitrogen and oxygen atoms in total. The van der Waals surface area contributed by atoms with Crippen LogP contribution in [0.2, 0.25) is 0 Å². The van der Waals surface area contributed by atoms with Crippen LogP contribution in [0.25, 0.3) is 9.40 Å². The van der Waals surface area contributed by atoms with E-state index in [4.69, 9.17) is 0 Å². The molecule has 0 saturated heterocycles. The average Bonchev–Trinajstić information content (AvgIpc) is 2.43. The van der Waals surface area contributed by atoms with Gasteiger partial charge in [0.05, 0.1) is 11.6 Å². The highest BCUT2D eigenvalue weighted by atomic mass is 79.9. The van der Waals surface area contributed by atoms with Crippen molar-refractivity contribution < 1.29 is 0 Å². The van der Waals surface area contributed by atoms with Crippen molar-refractivity contribution in [3.8, 4) is 0 Å². The summed E-state index contributed by atoms with van der Waals surface area (Å²) in [6.45, 7) is 0. The molecule has 2 aromatic heterocycles. The fourth-order valence-electron chi connectivity index (χ4n) is 1.00. The normalized spacial score (nSPS) is 11.2. The van der Waals surface area contributed by atoms with Crippen LogP contribution in [0, 0.1) is 0 Å². The number of hydrogen-bond acceptors (Lipinski definition) is 2. The van der Waals surface area contributed by atoms with Gasteiger partial charge in [0.1, 0.15) is 0 Å². The van der Waals surface area contributed by atoms with Gasteiger partial charge in [-0.05, 0) is 43.5 Å². The van der Waals surface area contributed by atoms with Crippen molar-refractivity contribution in [2.24, 2.45) is 0 Å². The predicted molar refractivity (Wildman–Crippen MR) is 67.7 cm³/mol. The number of hydrogen-bond donors (Lipinski definition) is 0. The van der Waals surface area contributed by atoms with Gasteiger partial charge in [0, 0.05) is 10.7 Å². The molecule has 0 aliphatic rings. The Morgan fingerprint density at radius 2 is 2.00 bits per heavy atom. The molecule has 0 atom stereocenters. The molecule has 12 heavy (non-hydrogen) atoms. The van der Waals surface area contributed by atoms with E-state index in [1.54, 1.807) is 22.7 Å². The highest BCUT2D eigenvalue weighted by Crippen LogP contribution is 2.42. The molecule has 2 heterocycles. The third-order valence-electron chi connectivity index (χ3n) is 1.55. The zero-order valence-electron chi connectivity index (χ0n) is 5.73. The second-order valence-electron chi connectivity index (χ2n) is 2.24. The molecular weight excluding hydrogens is 388 g/mol. The van der Waals surface area contributed by atoms with Crippen molar-refractivity contribution in [1.82, 2.24) is 0 Å². The Bertz CT molecular complexity index is 415. The first-order valence-corrected chi connectivity index (χ1v) is 7.48. The lowest BCUT2D eigenvalue weighted by molar-refractivity contribution is 1.52. The summed E-state index contributed by atoms with van der Waals surface area (Å²) in [5.74, 6) is 0. The van der Waals surface area contributed by atoms with Crippen LogP contribution in [0.3, 0.4) is 0 Å². The van der Waals surface area contributed by atoms with Gasteiger partial charge in [0.25, 0.3) is 0 Å². The molecule has 5 heteroatoms. The molecule has 0 bridgehead atoms. The van der Waals surface area contributed by atoms with E-state index >= 15 is 0 Å². The highest BCUT2D eigenvalue weighted by Gasteiger charge is 2.11. The SMILES string of the molecule is BrCc1c(Br)sc2sc(Br)cc12. The van der Waals surface area contributed by atoms with Crippen molar-refractivity contribution in [3.63, 3.8) is 0 Å². The largest absolute Gasteiger partial charge is 0.117 e. The lowest BCUT2D eigenvalue weighted by atomic mass is 10.3. The minimum Gasteiger partial charge on any atom is -0.117 e. The van der Waals surface area contributed by atoms with Crippen molar-refractivity contribution in [1.29, 1.82) is 0 Å². The Balaban J connectivity index is 2.78. The summed E-state index contributed by atoms with van der Waals surface area (Å²) >= 11 is 14.1. The van der Waals surface area contributed by atoms with E-state index in [0.29, 0.717) is 0 Å². The smallest absolute Gasteiger partial charge is 0.0892 e. The molecule has 0 fully saturated rings. The molecule has 2 rings (SSSR count). The van der Waals surface area contributed by atoms with Gasteiger partial charge >= 0.3 is 0 Å². The summed E-state index contributed by atoms with van der Waals surface area (Å²) in [7, 11) is 0. The lowest BCUT2D eigenvalue weighted by Gasteiger charge is -1.88. The molecular formula is C7H3Br3S2. The fourth-order valence-corrected chi connectivity index (χ4v) is 6.44. The summed E-state index contributed by atoms with van der Waals surface area (Å²) in [6.07, 6.45) is 0. The van der Waals surface area contributed by atoms with Gasteiger partial charge in [-0.3, -0.25) is 0 Å². The van der Waals surface area contributed by atoms with E-state index in [2.05, 4.69) is 53.9 Å². The first-order valence-electron chi connectivity index (χ1n) is 3.14. The molecule has 2 aromatic rings. The molecule has 0 saturated carbocycles. The fraction of sp³-hybridized carbons (Fsp3) is 0.143. The second kappa shape index (κ2) is 3.69. The first-order chi connectivity index (χ1) is 5.72. The minimum absolute atomic E-state index is 0.913. The van der Waals surface area contributed by atoms with Crippen molar-refractivity contribution in [2.45, 2.75) is 5.33 Å². The minimum atomic E-state index is 0.913. The van der Waals surface area contributed by atoms with E-state index in [-0.39, 0.29) is 0 Å². The zero-order chi connectivity index (χ0) is 8.72. The molecule has 0 amide bonds. The van der Waals surface area contributed by atoms with Crippen molar-refractivity contribution in [2.75, 3.05) is 0 Å². The van der Waals surface area contributed by atoms with Crippen LogP contribution in [-0.4, -0.2) is 0 Å². The van der Waals surface area contributed by atoms with E-state index < -0.39 is 0 Å². The number of halogens is 3. The summed E-state index contributed by atoms with van der Waals surface area (Å²) in [6, 6.07) is 2.18. The second-order valence-corrected chi connectivity index (χ2v) is 7.83. The zero-order valence-corrected chi connectivity index (χ0v) is 12.1. The van der Waals surface area contributed by atoms with Crippen LogP contribution in [0.1, 0.15) is 5.56 Å². The Hall–Kier alpha value is 1.10. The van der Waals surface area contributed by atoms with Crippen LogP contribution < -0.4 is 0 Å². The van der Waals surface area contributed by atoms with E-state index in [0.717, 1.165) is 5.33 Å².